The van der Waals surface area contributed by atoms with Crippen LogP contribution in [0.3, 0.4) is 0 Å². The maximum Gasteiger partial charge on any atom is 0.274 e. The van der Waals surface area contributed by atoms with Gasteiger partial charge in [-0.15, -0.1) is 6.58 Å². The highest BCUT2D eigenvalue weighted by atomic mass is 16.5. The van der Waals surface area contributed by atoms with Crippen molar-refractivity contribution in [3.05, 3.63) is 29.6 Å². The number of amides is 1. The van der Waals surface area contributed by atoms with Gasteiger partial charge in [-0.2, -0.15) is 5.10 Å². The Morgan fingerprint density at radius 1 is 1.34 bits per heavy atom. The second kappa shape index (κ2) is 10.4. The van der Waals surface area contributed by atoms with E-state index >= 15 is 0 Å². The number of carbonyl (C=O) groups excluding carboxylic acids is 1. The van der Waals surface area contributed by atoms with E-state index in [0.717, 1.165) is 70.6 Å². The quantitative estimate of drug-likeness (QED) is 0.502. The van der Waals surface area contributed by atoms with Gasteiger partial charge in [-0.3, -0.25) is 9.48 Å². The summed E-state index contributed by atoms with van der Waals surface area (Å²) in [6.07, 6.45) is 6.04. The Morgan fingerprint density at radius 2 is 2.10 bits per heavy atom. The summed E-state index contributed by atoms with van der Waals surface area (Å²) in [5, 5.41) is 8.39. The van der Waals surface area contributed by atoms with Crippen molar-refractivity contribution in [2.24, 2.45) is 0 Å². The predicted octanol–water partition coefficient (Wildman–Crippen LogP) is 1.72. The molecule has 29 heavy (non-hydrogen) atoms. The topological polar surface area (TPSA) is 62.6 Å². The van der Waals surface area contributed by atoms with E-state index in [-0.39, 0.29) is 12.0 Å². The Hall–Kier alpha value is -1.70. The van der Waals surface area contributed by atoms with Gasteiger partial charge in [0.2, 0.25) is 0 Å². The van der Waals surface area contributed by atoms with Gasteiger partial charge in [-0.1, -0.05) is 6.08 Å². The van der Waals surface area contributed by atoms with Crippen LogP contribution in [0.2, 0.25) is 0 Å². The maximum absolute atomic E-state index is 13.2. The normalized spacial score (nSPS) is 20.1. The van der Waals surface area contributed by atoms with Crippen LogP contribution in [0.25, 0.3) is 0 Å². The van der Waals surface area contributed by atoms with Gasteiger partial charge < -0.3 is 19.9 Å². The van der Waals surface area contributed by atoms with Crippen molar-refractivity contribution in [3.8, 4) is 0 Å². The molecule has 1 aromatic heterocycles. The predicted molar refractivity (Wildman–Crippen MR) is 115 cm³/mol. The molecular weight excluding hydrogens is 366 g/mol. The summed E-state index contributed by atoms with van der Waals surface area (Å²) in [6, 6.07) is 0.391. The van der Waals surface area contributed by atoms with Crippen molar-refractivity contribution in [2.75, 3.05) is 46.4 Å². The first-order valence-corrected chi connectivity index (χ1v) is 11.0. The molecule has 1 aliphatic heterocycles. The zero-order valence-electron chi connectivity index (χ0n) is 18.3. The minimum atomic E-state index is 0.0862. The second-order valence-corrected chi connectivity index (χ2v) is 8.51. The lowest BCUT2D eigenvalue weighted by molar-refractivity contribution is 0.0656. The highest BCUT2D eigenvalue weighted by Crippen LogP contribution is 2.26. The third kappa shape index (κ3) is 5.68. The molecule has 1 N–H and O–H groups in total. The second-order valence-electron chi connectivity index (χ2n) is 8.51. The Bertz CT molecular complexity index is 692. The Labute approximate surface area is 175 Å². The van der Waals surface area contributed by atoms with Crippen LogP contribution in [0.15, 0.2) is 12.7 Å². The van der Waals surface area contributed by atoms with Crippen molar-refractivity contribution >= 4 is 5.91 Å². The first-order valence-electron chi connectivity index (χ1n) is 11.0. The summed E-state index contributed by atoms with van der Waals surface area (Å²) in [6.45, 7) is 13.8. The van der Waals surface area contributed by atoms with E-state index in [0.29, 0.717) is 18.3 Å². The highest BCUT2D eigenvalue weighted by molar-refractivity contribution is 5.94. The summed E-state index contributed by atoms with van der Waals surface area (Å²) < 4.78 is 7.61. The average Bonchev–Trinajstić information content (AvgIpc) is 3.06. The molecule has 1 saturated heterocycles. The van der Waals surface area contributed by atoms with E-state index in [2.05, 4.69) is 37.7 Å². The van der Waals surface area contributed by atoms with Gasteiger partial charge in [0.25, 0.3) is 5.91 Å². The lowest BCUT2D eigenvalue weighted by atomic mass is 9.91. The third-order valence-electron chi connectivity index (χ3n) is 5.85. The Morgan fingerprint density at radius 3 is 2.79 bits per heavy atom. The fraction of sp³-hybridized carbons (Fsp3) is 0.727. The molecule has 1 unspecified atom stereocenters. The van der Waals surface area contributed by atoms with E-state index in [1.807, 2.05) is 15.7 Å². The smallest absolute Gasteiger partial charge is 0.274 e. The molecule has 0 saturated carbocycles. The summed E-state index contributed by atoms with van der Waals surface area (Å²) in [4.78, 5) is 17.5. The molecule has 7 nitrogen and oxygen atoms in total. The van der Waals surface area contributed by atoms with Crippen molar-refractivity contribution in [1.29, 1.82) is 0 Å². The minimum absolute atomic E-state index is 0.0862. The molecule has 7 heteroatoms. The van der Waals surface area contributed by atoms with E-state index < -0.39 is 0 Å². The number of aromatic nitrogens is 2. The van der Waals surface area contributed by atoms with E-state index in [4.69, 9.17) is 9.84 Å². The Balaban J connectivity index is 1.66. The molecule has 3 rings (SSSR count). The van der Waals surface area contributed by atoms with Crippen molar-refractivity contribution < 1.29 is 9.53 Å². The lowest BCUT2D eigenvalue weighted by Gasteiger charge is -2.32. The number of nitrogens with zero attached hydrogens (tertiary/aromatic N) is 4. The lowest BCUT2D eigenvalue weighted by Crippen LogP contribution is -2.47. The number of fused-ring (bicyclic) bond motifs is 1. The van der Waals surface area contributed by atoms with Crippen LogP contribution in [-0.4, -0.2) is 84.0 Å². The van der Waals surface area contributed by atoms with Gasteiger partial charge in [-0.25, -0.2) is 0 Å². The molecule has 1 fully saturated rings. The van der Waals surface area contributed by atoms with Gasteiger partial charge in [-0.05, 0) is 53.1 Å². The first-order chi connectivity index (χ1) is 14.0. The minimum Gasteiger partial charge on any atom is -0.379 e. The van der Waals surface area contributed by atoms with Crippen molar-refractivity contribution in [3.63, 3.8) is 0 Å². The molecule has 1 aromatic rings. The average molecular weight is 404 g/mol. The molecule has 1 amide bonds. The standard InChI is InChI=1S/C22H37N5O2/c1-5-10-27-20-8-7-18(23-9-6-15-29-17(2)3)16-19(20)21(24-27)22(28)26-13-11-25(4)12-14-26/h5,17-18,23H,1,6-16H2,2-4H3. The van der Waals surface area contributed by atoms with Gasteiger partial charge in [0.1, 0.15) is 0 Å². The molecule has 1 atom stereocenters. The monoisotopic (exact) mass is 403 g/mol. The van der Waals surface area contributed by atoms with Crippen molar-refractivity contribution in [2.45, 2.75) is 58.2 Å². The van der Waals surface area contributed by atoms with E-state index in [1.54, 1.807) is 0 Å². The fourth-order valence-electron chi connectivity index (χ4n) is 4.16. The van der Waals surface area contributed by atoms with Crippen LogP contribution in [0.4, 0.5) is 0 Å². The van der Waals surface area contributed by atoms with E-state index in [9.17, 15) is 4.79 Å². The first kappa shape index (κ1) is 22.0. The molecule has 1 aliphatic carbocycles. The summed E-state index contributed by atoms with van der Waals surface area (Å²) in [5.41, 5.74) is 3.00. The summed E-state index contributed by atoms with van der Waals surface area (Å²) >= 11 is 0. The zero-order valence-corrected chi connectivity index (χ0v) is 18.3. The Kier molecular flexibility index (Phi) is 7.86. The number of piperazine rings is 1. The number of carbonyl (C=O) groups is 1. The van der Waals surface area contributed by atoms with Gasteiger partial charge >= 0.3 is 0 Å². The number of nitrogens with one attached hydrogen (secondary N) is 1. The number of likely N-dealkylation sites (N-methyl/N-ethyl adjacent to an activating group) is 1. The van der Waals surface area contributed by atoms with Crippen molar-refractivity contribution in [1.82, 2.24) is 24.9 Å². The van der Waals surface area contributed by atoms with Crippen LogP contribution in [-0.2, 0) is 24.1 Å². The summed E-state index contributed by atoms with van der Waals surface area (Å²) in [7, 11) is 2.10. The molecule has 162 valence electrons. The number of hydrogen-bond acceptors (Lipinski definition) is 5. The van der Waals surface area contributed by atoms with Crippen LogP contribution < -0.4 is 5.32 Å². The molecule has 0 aromatic carbocycles. The number of ether oxygens (including phenoxy) is 1. The van der Waals surface area contributed by atoms with Crippen LogP contribution in [0, 0.1) is 0 Å². The van der Waals surface area contributed by atoms with Crippen LogP contribution in [0.5, 0.6) is 0 Å². The van der Waals surface area contributed by atoms with E-state index in [1.165, 1.54) is 5.69 Å². The molecule has 2 heterocycles. The fourth-order valence-corrected chi connectivity index (χ4v) is 4.16. The number of allylic oxidation sites excluding steroid dienone is 1. The molecule has 0 spiro atoms. The highest BCUT2D eigenvalue weighted by Gasteiger charge is 2.31. The number of hydrogen-bond donors (Lipinski definition) is 1. The molecule has 0 radical (unpaired) electrons. The maximum atomic E-state index is 13.2. The largest absolute Gasteiger partial charge is 0.379 e. The van der Waals surface area contributed by atoms with Gasteiger partial charge in [0.15, 0.2) is 5.69 Å². The number of rotatable bonds is 9. The molecule has 2 aliphatic rings. The third-order valence-corrected chi connectivity index (χ3v) is 5.85. The summed E-state index contributed by atoms with van der Waals surface area (Å²) in [5.74, 6) is 0.0862. The SMILES string of the molecule is C=CCn1nc(C(=O)N2CCN(C)CC2)c2c1CCC(NCCCOC(C)C)C2. The van der Waals surface area contributed by atoms with Crippen LogP contribution in [0.1, 0.15) is 48.4 Å². The van der Waals surface area contributed by atoms with Gasteiger partial charge in [0.05, 0.1) is 12.6 Å². The van der Waals surface area contributed by atoms with Gasteiger partial charge in [0, 0.05) is 50.1 Å². The zero-order chi connectivity index (χ0) is 20.8. The van der Waals surface area contributed by atoms with Crippen LogP contribution >= 0.6 is 0 Å². The molecular formula is C22H37N5O2. The molecule has 0 bridgehead atoms.